The van der Waals surface area contributed by atoms with Crippen LogP contribution in [0.2, 0.25) is 0 Å². The number of esters is 3. The minimum atomic E-state index is -0.762. The van der Waals surface area contributed by atoms with E-state index in [1.54, 1.807) is 0 Å². The van der Waals surface area contributed by atoms with Gasteiger partial charge in [-0.05, 0) is 25.2 Å². The molecule has 0 N–H and O–H groups in total. The van der Waals surface area contributed by atoms with Crippen molar-refractivity contribution < 1.29 is 28.6 Å². The summed E-state index contributed by atoms with van der Waals surface area (Å²) < 4.78 is 16.9. The van der Waals surface area contributed by atoms with Crippen molar-refractivity contribution >= 4 is 17.9 Å². The van der Waals surface area contributed by atoms with Crippen LogP contribution in [0.1, 0.15) is 329 Å². The van der Waals surface area contributed by atoms with Gasteiger partial charge in [-0.3, -0.25) is 14.4 Å². The van der Waals surface area contributed by atoms with Crippen LogP contribution in [0.4, 0.5) is 0 Å². The van der Waals surface area contributed by atoms with E-state index in [-0.39, 0.29) is 31.1 Å². The molecule has 0 rings (SSSR count). The van der Waals surface area contributed by atoms with E-state index in [4.69, 9.17) is 14.2 Å². The van der Waals surface area contributed by atoms with Crippen LogP contribution in [0, 0.1) is 5.92 Å². The molecule has 6 heteroatoms. The minimum absolute atomic E-state index is 0.0622. The molecule has 0 heterocycles. The molecule has 0 bridgehead atoms. The molecule has 64 heavy (non-hydrogen) atoms. The van der Waals surface area contributed by atoms with Gasteiger partial charge in [0.15, 0.2) is 6.10 Å². The Morgan fingerprint density at radius 2 is 0.516 bits per heavy atom. The summed E-state index contributed by atoms with van der Waals surface area (Å²) in [5.41, 5.74) is 0. The minimum Gasteiger partial charge on any atom is -0.462 e. The number of rotatable bonds is 53. The van der Waals surface area contributed by atoms with Gasteiger partial charge in [-0.1, -0.05) is 291 Å². The van der Waals surface area contributed by atoms with E-state index in [9.17, 15) is 14.4 Å². The van der Waals surface area contributed by atoms with Gasteiger partial charge in [0.05, 0.1) is 0 Å². The Morgan fingerprint density at radius 1 is 0.297 bits per heavy atom. The van der Waals surface area contributed by atoms with E-state index in [1.165, 1.54) is 225 Å². The lowest BCUT2D eigenvalue weighted by Gasteiger charge is -2.18. The van der Waals surface area contributed by atoms with E-state index >= 15 is 0 Å². The van der Waals surface area contributed by atoms with Gasteiger partial charge in [0.2, 0.25) is 0 Å². The lowest BCUT2D eigenvalue weighted by atomic mass is 10.0. The van der Waals surface area contributed by atoms with Crippen molar-refractivity contribution in [3.05, 3.63) is 0 Å². The van der Waals surface area contributed by atoms with Gasteiger partial charge < -0.3 is 14.2 Å². The average molecular weight is 906 g/mol. The van der Waals surface area contributed by atoms with Crippen LogP contribution in [0.25, 0.3) is 0 Å². The molecule has 0 aliphatic heterocycles. The molecule has 1 atom stereocenters. The molecule has 0 aliphatic rings. The smallest absolute Gasteiger partial charge is 0.306 e. The molecule has 0 fully saturated rings. The Kier molecular flexibility index (Phi) is 51.1. The van der Waals surface area contributed by atoms with Crippen molar-refractivity contribution in [2.45, 2.75) is 336 Å². The van der Waals surface area contributed by atoms with Crippen molar-refractivity contribution in [3.8, 4) is 0 Å². The van der Waals surface area contributed by atoms with Crippen molar-refractivity contribution in [3.63, 3.8) is 0 Å². The van der Waals surface area contributed by atoms with E-state index in [2.05, 4.69) is 27.7 Å². The van der Waals surface area contributed by atoms with Crippen molar-refractivity contribution in [1.29, 1.82) is 0 Å². The van der Waals surface area contributed by atoms with Gasteiger partial charge in [-0.15, -0.1) is 0 Å². The summed E-state index contributed by atoms with van der Waals surface area (Å²) in [5.74, 6) is -0.0210. The van der Waals surface area contributed by atoms with Gasteiger partial charge in [0, 0.05) is 19.3 Å². The van der Waals surface area contributed by atoms with Gasteiger partial charge in [0.1, 0.15) is 13.2 Å². The summed E-state index contributed by atoms with van der Waals surface area (Å²) in [5, 5.41) is 0. The molecule has 0 radical (unpaired) electrons. The number of carbonyl (C=O) groups is 3. The molecule has 0 aromatic rings. The largest absolute Gasteiger partial charge is 0.462 e. The van der Waals surface area contributed by atoms with Gasteiger partial charge in [-0.2, -0.15) is 0 Å². The number of carbonyl (C=O) groups excluding carboxylic acids is 3. The molecule has 0 aromatic heterocycles. The molecule has 0 amide bonds. The van der Waals surface area contributed by atoms with Crippen LogP contribution in [0.5, 0.6) is 0 Å². The summed E-state index contributed by atoms with van der Waals surface area (Å²) in [6.07, 6.45) is 56.7. The second-order valence-electron chi connectivity index (χ2n) is 20.4. The van der Waals surface area contributed by atoms with Gasteiger partial charge in [-0.25, -0.2) is 0 Å². The highest BCUT2D eigenvalue weighted by molar-refractivity contribution is 5.71. The molecule has 0 aliphatic carbocycles. The van der Waals surface area contributed by atoms with E-state index < -0.39 is 6.10 Å². The standard InChI is InChI=1S/C58H112O6/c1-5-7-9-11-13-15-17-19-21-22-23-24-25-27-29-34-38-42-46-50-57(60)63-53-55(64-58(61)51-47-43-39-35-31-30-32-36-40-44-48-54(3)4)52-62-56(59)49-45-41-37-33-28-26-20-18-16-14-12-10-8-6-2/h54-55H,5-53H2,1-4H3/t55-/m0/s1. The van der Waals surface area contributed by atoms with Gasteiger partial charge >= 0.3 is 17.9 Å². The van der Waals surface area contributed by atoms with Crippen LogP contribution >= 0.6 is 0 Å². The van der Waals surface area contributed by atoms with Crippen LogP contribution in [0.3, 0.4) is 0 Å². The normalized spacial score (nSPS) is 12.0. The van der Waals surface area contributed by atoms with Crippen LogP contribution in [-0.4, -0.2) is 37.2 Å². The third-order valence-corrected chi connectivity index (χ3v) is 13.3. The Bertz CT molecular complexity index is 964. The summed E-state index contributed by atoms with van der Waals surface area (Å²) in [6.45, 7) is 9.04. The fraction of sp³-hybridized carbons (Fsp3) is 0.948. The van der Waals surface area contributed by atoms with Crippen molar-refractivity contribution in [2.75, 3.05) is 13.2 Å². The fourth-order valence-electron chi connectivity index (χ4n) is 8.92. The molecule has 0 saturated heterocycles. The Hall–Kier alpha value is -1.59. The maximum Gasteiger partial charge on any atom is 0.306 e. The number of hydrogen-bond acceptors (Lipinski definition) is 6. The molecule has 0 aromatic carbocycles. The molecule has 0 saturated carbocycles. The van der Waals surface area contributed by atoms with Crippen molar-refractivity contribution in [2.24, 2.45) is 5.92 Å². The van der Waals surface area contributed by atoms with Crippen LogP contribution in [0.15, 0.2) is 0 Å². The number of ether oxygens (including phenoxy) is 3. The monoisotopic (exact) mass is 905 g/mol. The Balaban J connectivity index is 4.26. The first-order valence-electron chi connectivity index (χ1n) is 28.9. The lowest BCUT2D eigenvalue weighted by Crippen LogP contribution is -2.30. The number of unbranched alkanes of at least 4 members (excludes halogenated alkanes) is 40. The van der Waals surface area contributed by atoms with E-state index in [0.29, 0.717) is 19.3 Å². The van der Waals surface area contributed by atoms with E-state index in [1.807, 2.05) is 0 Å². The first-order valence-corrected chi connectivity index (χ1v) is 28.9. The van der Waals surface area contributed by atoms with Crippen LogP contribution < -0.4 is 0 Å². The molecule has 380 valence electrons. The fourth-order valence-corrected chi connectivity index (χ4v) is 8.92. The quantitative estimate of drug-likeness (QED) is 0.0344. The first kappa shape index (κ1) is 62.4. The summed E-state index contributed by atoms with van der Waals surface area (Å²) in [6, 6.07) is 0. The summed E-state index contributed by atoms with van der Waals surface area (Å²) >= 11 is 0. The van der Waals surface area contributed by atoms with Gasteiger partial charge in [0.25, 0.3) is 0 Å². The Morgan fingerprint density at radius 3 is 0.766 bits per heavy atom. The SMILES string of the molecule is CCCCCCCCCCCCCCCCCCCCCC(=O)OC[C@H](COC(=O)CCCCCCCCCCCCCCCC)OC(=O)CCCCCCCCCCCCC(C)C. The Labute approximate surface area is 399 Å². The molecular weight excluding hydrogens is 793 g/mol. The predicted octanol–water partition coefficient (Wildman–Crippen LogP) is 19.0. The third kappa shape index (κ3) is 51.4. The second-order valence-corrected chi connectivity index (χ2v) is 20.4. The maximum atomic E-state index is 12.8. The third-order valence-electron chi connectivity index (χ3n) is 13.3. The summed E-state index contributed by atoms with van der Waals surface area (Å²) in [7, 11) is 0. The highest BCUT2D eigenvalue weighted by atomic mass is 16.6. The maximum absolute atomic E-state index is 12.8. The molecular formula is C58H112O6. The van der Waals surface area contributed by atoms with Crippen molar-refractivity contribution in [1.82, 2.24) is 0 Å². The zero-order valence-electron chi connectivity index (χ0n) is 43.8. The average Bonchev–Trinajstić information content (AvgIpc) is 3.28. The number of hydrogen-bond donors (Lipinski definition) is 0. The zero-order chi connectivity index (χ0) is 46.7. The predicted molar refractivity (Wildman–Crippen MR) is 275 cm³/mol. The summed E-state index contributed by atoms with van der Waals surface area (Å²) in [4.78, 5) is 38.1. The lowest BCUT2D eigenvalue weighted by molar-refractivity contribution is -0.167. The molecule has 0 spiro atoms. The topological polar surface area (TPSA) is 78.9 Å². The highest BCUT2D eigenvalue weighted by Gasteiger charge is 2.19. The van der Waals surface area contributed by atoms with Crippen LogP contribution in [-0.2, 0) is 28.6 Å². The highest BCUT2D eigenvalue weighted by Crippen LogP contribution is 2.18. The first-order chi connectivity index (χ1) is 31.4. The zero-order valence-corrected chi connectivity index (χ0v) is 43.8. The molecule has 0 unspecified atom stereocenters. The molecule has 6 nitrogen and oxygen atoms in total. The van der Waals surface area contributed by atoms with E-state index in [0.717, 1.165) is 63.7 Å². The second kappa shape index (κ2) is 52.4.